The van der Waals surface area contributed by atoms with Gasteiger partial charge in [0.05, 0.1) is 25.2 Å². The highest BCUT2D eigenvalue weighted by Crippen LogP contribution is 2.18. The van der Waals surface area contributed by atoms with E-state index in [0.29, 0.717) is 19.3 Å². The molecule has 0 aromatic heterocycles. The predicted octanol–water partition coefficient (Wildman–Crippen LogP) is 14.9. The zero-order valence-electron chi connectivity index (χ0n) is 38.7. The number of carbonyl (C=O) groups is 2. The van der Waals surface area contributed by atoms with Crippen LogP contribution in [0.5, 0.6) is 0 Å². The van der Waals surface area contributed by atoms with Crippen LogP contribution in [0.1, 0.15) is 258 Å². The molecule has 58 heavy (non-hydrogen) atoms. The first-order valence-electron chi connectivity index (χ1n) is 25.2. The molecule has 6 heteroatoms. The Morgan fingerprint density at radius 2 is 0.931 bits per heavy atom. The highest BCUT2D eigenvalue weighted by Gasteiger charge is 2.24. The molecule has 0 bridgehead atoms. The molecule has 0 aromatic carbocycles. The number of carbonyl (C=O) groups excluding carboxylic acids is 2. The van der Waals surface area contributed by atoms with Crippen LogP contribution < -0.4 is 5.32 Å². The molecular formula is C52H97NO5. The third-order valence-corrected chi connectivity index (χ3v) is 11.5. The smallest absolute Gasteiger partial charge is 0.306 e. The van der Waals surface area contributed by atoms with Gasteiger partial charge in [-0.1, -0.05) is 224 Å². The van der Waals surface area contributed by atoms with Gasteiger partial charge in [-0.15, -0.1) is 0 Å². The molecule has 340 valence electrons. The summed E-state index contributed by atoms with van der Waals surface area (Å²) in [5, 5.41) is 23.7. The lowest BCUT2D eigenvalue weighted by atomic mass is 10.0. The van der Waals surface area contributed by atoms with Crippen LogP contribution in [0.25, 0.3) is 0 Å². The van der Waals surface area contributed by atoms with Crippen LogP contribution in [-0.2, 0) is 14.3 Å². The van der Waals surface area contributed by atoms with Gasteiger partial charge in [0, 0.05) is 6.42 Å². The fourth-order valence-corrected chi connectivity index (χ4v) is 7.68. The average molecular weight is 816 g/mol. The van der Waals surface area contributed by atoms with Crippen molar-refractivity contribution in [1.29, 1.82) is 0 Å². The van der Waals surface area contributed by atoms with E-state index >= 15 is 0 Å². The Morgan fingerprint density at radius 3 is 1.41 bits per heavy atom. The largest absolute Gasteiger partial charge is 0.462 e. The molecule has 0 saturated heterocycles. The lowest BCUT2D eigenvalue weighted by Crippen LogP contribution is -2.46. The molecule has 0 aliphatic heterocycles. The van der Waals surface area contributed by atoms with Gasteiger partial charge in [-0.2, -0.15) is 0 Å². The first kappa shape index (κ1) is 56.1. The number of aliphatic hydroxyl groups excluding tert-OH is 2. The van der Waals surface area contributed by atoms with Crippen molar-refractivity contribution in [3.63, 3.8) is 0 Å². The molecule has 0 heterocycles. The van der Waals surface area contributed by atoms with E-state index in [1.165, 1.54) is 128 Å². The minimum atomic E-state index is -0.788. The van der Waals surface area contributed by atoms with E-state index in [9.17, 15) is 19.8 Å². The summed E-state index contributed by atoms with van der Waals surface area (Å²) >= 11 is 0. The maximum Gasteiger partial charge on any atom is 0.306 e. The molecule has 3 unspecified atom stereocenters. The van der Waals surface area contributed by atoms with E-state index in [0.717, 1.165) is 83.5 Å². The van der Waals surface area contributed by atoms with Crippen molar-refractivity contribution in [1.82, 2.24) is 5.32 Å². The van der Waals surface area contributed by atoms with Crippen molar-refractivity contribution in [2.75, 3.05) is 6.61 Å². The summed E-state index contributed by atoms with van der Waals surface area (Å²) < 4.78 is 5.92. The van der Waals surface area contributed by atoms with E-state index < -0.39 is 18.2 Å². The summed E-state index contributed by atoms with van der Waals surface area (Å²) in [6.45, 7) is 6.37. The molecule has 1 amide bonds. The first-order chi connectivity index (χ1) is 28.5. The van der Waals surface area contributed by atoms with Gasteiger partial charge in [0.15, 0.2) is 0 Å². The van der Waals surface area contributed by atoms with Crippen molar-refractivity contribution >= 4 is 11.9 Å². The zero-order chi connectivity index (χ0) is 42.4. The zero-order valence-corrected chi connectivity index (χ0v) is 38.7. The highest BCUT2D eigenvalue weighted by molar-refractivity contribution is 5.77. The molecule has 0 saturated carbocycles. The molecule has 0 rings (SSSR count). The minimum absolute atomic E-state index is 0.0722. The molecule has 3 N–H and O–H groups in total. The summed E-state index contributed by atoms with van der Waals surface area (Å²) in [6.07, 6.45) is 53.4. The topological polar surface area (TPSA) is 95.9 Å². The molecule has 0 aliphatic carbocycles. The number of hydrogen-bond donors (Lipinski definition) is 3. The van der Waals surface area contributed by atoms with Crippen molar-refractivity contribution < 1.29 is 24.5 Å². The number of allylic oxidation sites excluding steroid dienone is 6. The number of esters is 1. The fourth-order valence-electron chi connectivity index (χ4n) is 7.68. The number of amides is 1. The third kappa shape index (κ3) is 40.8. The predicted molar refractivity (Wildman–Crippen MR) is 250 cm³/mol. The number of aliphatic hydroxyl groups is 2. The molecule has 0 aliphatic rings. The van der Waals surface area contributed by atoms with E-state index in [1.54, 1.807) is 0 Å². The molecule has 6 nitrogen and oxygen atoms in total. The van der Waals surface area contributed by atoms with Crippen molar-refractivity contribution in [2.45, 2.75) is 277 Å². The van der Waals surface area contributed by atoms with Crippen molar-refractivity contribution in [3.05, 3.63) is 36.5 Å². The maximum atomic E-state index is 13.2. The lowest BCUT2D eigenvalue weighted by Gasteiger charge is -2.24. The Labute approximate surface area is 360 Å². The summed E-state index contributed by atoms with van der Waals surface area (Å²) in [7, 11) is 0. The van der Waals surface area contributed by atoms with Gasteiger partial charge >= 0.3 is 5.97 Å². The third-order valence-electron chi connectivity index (χ3n) is 11.5. The normalized spacial score (nSPS) is 13.5. The van der Waals surface area contributed by atoms with Crippen LogP contribution in [0.3, 0.4) is 0 Å². The van der Waals surface area contributed by atoms with Crippen LogP contribution in [-0.4, -0.2) is 46.9 Å². The maximum absolute atomic E-state index is 13.2. The Hall–Kier alpha value is -1.92. The Kier molecular flexibility index (Phi) is 44.6. The van der Waals surface area contributed by atoms with Gasteiger partial charge < -0.3 is 20.3 Å². The summed E-state index contributed by atoms with van der Waals surface area (Å²) in [4.78, 5) is 26.1. The number of rotatable bonds is 45. The van der Waals surface area contributed by atoms with Gasteiger partial charge in [0.1, 0.15) is 6.10 Å². The van der Waals surface area contributed by atoms with Gasteiger partial charge in [-0.05, 0) is 57.8 Å². The molecule has 0 fully saturated rings. The van der Waals surface area contributed by atoms with Gasteiger partial charge in [-0.3, -0.25) is 9.59 Å². The minimum Gasteiger partial charge on any atom is -0.462 e. The van der Waals surface area contributed by atoms with E-state index in [1.807, 2.05) is 0 Å². The van der Waals surface area contributed by atoms with Crippen molar-refractivity contribution in [2.24, 2.45) is 0 Å². The average Bonchev–Trinajstić information content (AvgIpc) is 3.22. The molecule has 3 atom stereocenters. The number of nitrogens with one attached hydrogen (secondary N) is 1. The Morgan fingerprint density at radius 1 is 0.517 bits per heavy atom. The summed E-state index contributed by atoms with van der Waals surface area (Å²) in [5.74, 6) is -0.490. The summed E-state index contributed by atoms with van der Waals surface area (Å²) in [5.41, 5.74) is 0. The first-order valence-corrected chi connectivity index (χ1v) is 25.2. The van der Waals surface area contributed by atoms with E-state index in [4.69, 9.17) is 4.74 Å². The lowest BCUT2D eigenvalue weighted by molar-refractivity contribution is -0.151. The summed E-state index contributed by atoms with van der Waals surface area (Å²) in [6, 6.07) is -0.702. The van der Waals surface area contributed by atoms with Crippen LogP contribution >= 0.6 is 0 Å². The highest BCUT2D eigenvalue weighted by atomic mass is 16.5. The second-order valence-corrected chi connectivity index (χ2v) is 17.2. The van der Waals surface area contributed by atoms with Crippen LogP contribution in [0.15, 0.2) is 36.5 Å². The standard InChI is InChI=1S/C52H97NO5/c1-4-7-10-13-16-19-22-25-27-30-33-36-39-42-45-52(57)58-48(43-40-37-34-31-28-26-23-20-17-14-11-8-5-2)46-51(56)53-49(47-54)50(55)44-41-38-35-32-29-24-21-18-15-12-9-6-3/h7,10,16,19,25,27,48-50,54-55H,4-6,8-9,11-15,17-18,20-24,26,28-47H2,1-3H3,(H,53,56)/b10-7+,19-16+,27-25+. The van der Waals surface area contributed by atoms with Gasteiger partial charge in [-0.25, -0.2) is 0 Å². The molecule has 0 radical (unpaired) electrons. The fraction of sp³-hybridized carbons (Fsp3) is 0.846. The molecule has 0 spiro atoms. The quantitative estimate of drug-likeness (QED) is 0.0323. The monoisotopic (exact) mass is 816 g/mol. The second-order valence-electron chi connectivity index (χ2n) is 17.2. The van der Waals surface area contributed by atoms with Gasteiger partial charge in [0.2, 0.25) is 5.91 Å². The SMILES string of the molecule is CC/C=C/C/C=C/C/C=C/CCCCCCC(=O)OC(CCCCCCCCCCCCCCC)CC(=O)NC(CO)C(O)CCCCCCCCCCCCCC. The number of hydrogen-bond acceptors (Lipinski definition) is 5. The second kappa shape index (κ2) is 46.2. The van der Waals surface area contributed by atoms with Crippen LogP contribution in [0, 0.1) is 0 Å². The Bertz CT molecular complexity index is 961. The van der Waals surface area contributed by atoms with Crippen molar-refractivity contribution in [3.8, 4) is 0 Å². The van der Waals surface area contributed by atoms with Gasteiger partial charge in [0.25, 0.3) is 0 Å². The molecule has 0 aromatic rings. The van der Waals surface area contributed by atoms with Crippen LogP contribution in [0.4, 0.5) is 0 Å². The number of unbranched alkanes of at least 4 members (excludes halogenated alkanes) is 27. The van der Waals surface area contributed by atoms with E-state index in [2.05, 4.69) is 62.5 Å². The Balaban J connectivity index is 4.59. The van der Waals surface area contributed by atoms with Crippen LogP contribution in [0.2, 0.25) is 0 Å². The number of ether oxygens (including phenoxy) is 1. The molecular weight excluding hydrogens is 719 g/mol. The van der Waals surface area contributed by atoms with E-state index in [-0.39, 0.29) is 24.9 Å².